The third-order valence-electron chi connectivity index (χ3n) is 6.15. The average molecular weight is 408 g/mol. The number of hydrogen-bond donors (Lipinski definition) is 0. The predicted octanol–water partition coefficient (Wildman–Crippen LogP) is 6.82. The standard InChI is InChI=1S/C26H27ClFN/c27-24-13-11-23(12-14-24)26(28)16-19-29(20-17-26)18-15-25(21-7-3-1-4-8-21)22-9-5-2-6-10-22/h1-14,25H,15-20H2. The summed E-state index contributed by atoms with van der Waals surface area (Å²) in [6.45, 7) is 2.55. The van der Waals surface area contributed by atoms with Gasteiger partial charge in [-0.3, -0.25) is 0 Å². The van der Waals surface area contributed by atoms with E-state index in [2.05, 4.69) is 65.6 Å². The zero-order chi connectivity index (χ0) is 20.1. The minimum Gasteiger partial charge on any atom is -0.303 e. The van der Waals surface area contributed by atoms with Crippen molar-refractivity contribution in [3.05, 3.63) is 107 Å². The molecule has 0 aliphatic carbocycles. The van der Waals surface area contributed by atoms with Gasteiger partial charge in [0, 0.05) is 24.0 Å². The third-order valence-corrected chi connectivity index (χ3v) is 6.40. The van der Waals surface area contributed by atoms with Crippen LogP contribution in [0.15, 0.2) is 84.9 Å². The molecule has 1 heterocycles. The molecule has 0 atom stereocenters. The van der Waals surface area contributed by atoms with Crippen LogP contribution in [0.1, 0.15) is 41.9 Å². The van der Waals surface area contributed by atoms with E-state index < -0.39 is 5.67 Å². The molecule has 1 saturated heterocycles. The maximum Gasteiger partial charge on any atom is 0.138 e. The minimum absolute atomic E-state index is 0.366. The molecule has 150 valence electrons. The lowest BCUT2D eigenvalue weighted by Gasteiger charge is -2.37. The smallest absolute Gasteiger partial charge is 0.138 e. The van der Waals surface area contributed by atoms with Gasteiger partial charge in [-0.25, -0.2) is 4.39 Å². The lowest BCUT2D eigenvalue weighted by molar-refractivity contribution is 0.0551. The maximum atomic E-state index is 15.5. The second kappa shape index (κ2) is 9.11. The number of hydrogen-bond acceptors (Lipinski definition) is 1. The molecule has 1 aliphatic heterocycles. The molecule has 29 heavy (non-hydrogen) atoms. The lowest BCUT2D eigenvalue weighted by atomic mass is 9.85. The van der Waals surface area contributed by atoms with Gasteiger partial charge in [0.25, 0.3) is 0 Å². The maximum absolute atomic E-state index is 15.5. The number of likely N-dealkylation sites (tertiary alicyclic amines) is 1. The SMILES string of the molecule is FC1(c2ccc(Cl)cc2)CCN(CCC(c2ccccc2)c2ccccc2)CC1. The monoisotopic (exact) mass is 407 g/mol. The number of nitrogens with zero attached hydrogens (tertiary/aromatic N) is 1. The van der Waals surface area contributed by atoms with E-state index in [0.29, 0.717) is 23.8 Å². The minimum atomic E-state index is -1.24. The van der Waals surface area contributed by atoms with Gasteiger partial charge in [0.1, 0.15) is 5.67 Å². The Bertz CT molecular complexity index is 848. The first-order chi connectivity index (χ1) is 14.1. The molecule has 0 amide bonds. The molecule has 4 rings (SSSR count). The van der Waals surface area contributed by atoms with Gasteiger partial charge in [0.15, 0.2) is 0 Å². The van der Waals surface area contributed by atoms with E-state index in [4.69, 9.17) is 11.6 Å². The van der Waals surface area contributed by atoms with Gasteiger partial charge in [-0.2, -0.15) is 0 Å². The summed E-state index contributed by atoms with van der Waals surface area (Å²) in [7, 11) is 0. The largest absolute Gasteiger partial charge is 0.303 e. The van der Waals surface area contributed by atoms with Crippen molar-refractivity contribution in [2.24, 2.45) is 0 Å². The highest BCUT2D eigenvalue weighted by atomic mass is 35.5. The lowest BCUT2D eigenvalue weighted by Crippen LogP contribution is -2.40. The topological polar surface area (TPSA) is 3.24 Å². The zero-order valence-corrected chi connectivity index (χ0v) is 17.4. The van der Waals surface area contributed by atoms with Crippen LogP contribution < -0.4 is 0 Å². The third kappa shape index (κ3) is 4.88. The molecule has 0 aromatic heterocycles. The molecule has 0 spiro atoms. The molecule has 0 bridgehead atoms. The summed E-state index contributed by atoms with van der Waals surface area (Å²) >= 11 is 5.96. The normalized spacial score (nSPS) is 16.8. The van der Waals surface area contributed by atoms with Gasteiger partial charge in [-0.15, -0.1) is 0 Å². The van der Waals surface area contributed by atoms with Crippen molar-refractivity contribution < 1.29 is 4.39 Å². The quantitative estimate of drug-likeness (QED) is 0.433. The summed E-state index contributed by atoms with van der Waals surface area (Å²) in [6.07, 6.45) is 2.11. The van der Waals surface area contributed by atoms with E-state index in [1.54, 1.807) is 12.1 Å². The van der Waals surface area contributed by atoms with Crippen LogP contribution in [0.3, 0.4) is 0 Å². The second-order valence-electron chi connectivity index (χ2n) is 7.98. The highest BCUT2D eigenvalue weighted by Gasteiger charge is 2.36. The van der Waals surface area contributed by atoms with Crippen LogP contribution in [0.2, 0.25) is 5.02 Å². The van der Waals surface area contributed by atoms with Gasteiger partial charge in [-0.1, -0.05) is 84.4 Å². The molecule has 1 aliphatic rings. The van der Waals surface area contributed by atoms with Crippen molar-refractivity contribution in [2.45, 2.75) is 30.8 Å². The van der Waals surface area contributed by atoms with Gasteiger partial charge in [0.05, 0.1) is 0 Å². The van der Waals surface area contributed by atoms with Crippen molar-refractivity contribution in [3.63, 3.8) is 0 Å². The number of benzene rings is 3. The summed E-state index contributed by atoms with van der Waals surface area (Å²) < 4.78 is 15.5. The van der Waals surface area contributed by atoms with Crippen molar-refractivity contribution in [2.75, 3.05) is 19.6 Å². The van der Waals surface area contributed by atoms with Crippen LogP contribution in [-0.2, 0) is 5.67 Å². The highest BCUT2D eigenvalue weighted by Crippen LogP contribution is 2.38. The van der Waals surface area contributed by atoms with Crippen LogP contribution in [0.4, 0.5) is 4.39 Å². The molecule has 0 unspecified atom stereocenters. The number of piperidine rings is 1. The zero-order valence-electron chi connectivity index (χ0n) is 16.6. The Morgan fingerprint density at radius 2 is 1.31 bits per heavy atom. The molecule has 3 aromatic rings. The molecular weight excluding hydrogens is 381 g/mol. The summed E-state index contributed by atoms with van der Waals surface area (Å²) in [6, 6.07) is 28.6. The van der Waals surface area contributed by atoms with Gasteiger partial charge in [-0.05, 0) is 54.6 Å². The second-order valence-corrected chi connectivity index (χ2v) is 8.41. The van der Waals surface area contributed by atoms with Crippen LogP contribution in [0.25, 0.3) is 0 Å². The average Bonchev–Trinajstić information content (AvgIpc) is 2.77. The summed E-state index contributed by atoms with van der Waals surface area (Å²) in [4.78, 5) is 2.41. The van der Waals surface area contributed by atoms with Crippen LogP contribution in [0, 0.1) is 0 Å². The summed E-state index contributed by atoms with van der Waals surface area (Å²) in [5, 5.41) is 0.655. The van der Waals surface area contributed by atoms with Gasteiger partial charge in [0.2, 0.25) is 0 Å². The van der Waals surface area contributed by atoms with Gasteiger partial charge >= 0.3 is 0 Å². The van der Waals surface area contributed by atoms with Crippen LogP contribution >= 0.6 is 11.6 Å². The number of rotatable bonds is 6. The Morgan fingerprint density at radius 1 is 0.793 bits per heavy atom. The fourth-order valence-corrected chi connectivity index (χ4v) is 4.50. The molecule has 3 heteroatoms. The first-order valence-corrected chi connectivity index (χ1v) is 10.8. The van der Waals surface area contributed by atoms with E-state index in [-0.39, 0.29) is 0 Å². The highest BCUT2D eigenvalue weighted by molar-refractivity contribution is 6.30. The van der Waals surface area contributed by atoms with Crippen molar-refractivity contribution in [3.8, 4) is 0 Å². The van der Waals surface area contributed by atoms with Crippen molar-refractivity contribution in [1.82, 2.24) is 4.90 Å². The first kappa shape index (κ1) is 20.1. The summed E-state index contributed by atoms with van der Waals surface area (Å²) in [5.41, 5.74) is 2.21. The predicted molar refractivity (Wildman–Crippen MR) is 119 cm³/mol. The fourth-order valence-electron chi connectivity index (χ4n) is 4.38. The van der Waals surface area contributed by atoms with Crippen LogP contribution in [0.5, 0.6) is 0 Å². The number of halogens is 2. The van der Waals surface area contributed by atoms with E-state index in [1.165, 1.54) is 11.1 Å². The molecule has 1 nitrogen and oxygen atoms in total. The molecule has 3 aromatic carbocycles. The number of alkyl halides is 1. The Kier molecular flexibility index (Phi) is 6.32. The Morgan fingerprint density at radius 3 is 1.83 bits per heavy atom. The Labute approximate surface area is 178 Å². The first-order valence-electron chi connectivity index (χ1n) is 10.4. The molecule has 1 fully saturated rings. The van der Waals surface area contributed by atoms with E-state index in [1.807, 2.05) is 12.1 Å². The van der Waals surface area contributed by atoms with Crippen molar-refractivity contribution >= 4 is 11.6 Å². The fraction of sp³-hybridized carbons (Fsp3) is 0.308. The molecule has 0 radical (unpaired) electrons. The van der Waals surface area contributed by atoms with E-state index in [0.717, 1.165) is 31.6 Å². The molecule has 0 saturated carbocycles. The summed E-state index contributed by atoms with van der Waals surface area (Å²) in [5.74, 6) is 0.366. The molecule has 0 N–H and O–H groups in total. The van der Waals surface area contributed by atoms with Gasteiger partial charge < -0.3 is 4.90 Å². The van der Waals surface area contributed by atoms with Crippen molar-refractivity contribution in [1.29, 1.82) is 0 Å². The van der Waals surface area contributed by atoms with E-state index >= 15 is 4.39 Å². The van der Waals surface area contributed by atoms with E-state index in [9.17, 15) is 0 Å². The molecular formula is C26H27ClFN. The Balaban J connectivity index is 1.40. The van der Waals surface area contributed by atoms with Crippen LogP contribution in [-0.4, -0.2) is 24.5 Å². The Hall–Kier alpha value is -2.16.